The highest BCUT2D eigenvalue weighted by Crippen LogP contribution is 2.09. The number of ether oxygens (including phenoxy) is 1. The lowest BCUT2D eigenvalue weighted by atomic mass is 10.4. The van der Waals surface area contributed by atoms with Crippen LogP contribution in [0.5, 0.6) is 0 Å². The van der Waals surface area contributed by atoms with Crippen LogP contribution in [0.15, 0.2) is 10.6 Å². The lowest BCUT2D eigenvalue weighted by Gasteiger charge is -1.95. The van der Waals surface area contributed by atoms with Gasteiger partial charge in [-0.25, -0.2) is 13.2 Å². The van der Waals surface area contributed by atoms with Crippen molar-refractivity contribution in [1.29, 1.82) is 0 Å². The molecule has 0 amide bonds. The lowest BCUT2D eigenvalue weighted by molar-refractivity contribution is 0.0479. The third-order valence-corrected chi connectivity index (χ3v) is 3.46. The number of rotatable bonds is 5. The van der Waals surface area contributed by atoms with E-state index in [1.54, 1.807) is 13.8 Å². The molecule has 1 aromatic rings. The first kappa shape index (κ1) is 12.7. The highest BCUT2D eigenvalue weighted by atomic mass is 32.2. The SMILES string of the molecule is CCOC(=O)c1cc(CS(=O)(=O)CC)no1. The van der Waals surface area contributed by atoms with E-state index in [2.05, 4.69) is 14.4 Å². The average molecular weight is 247 g/mol. The summed E-state index contributed by atoms with van der Waals surface area (Å²) in [5.74, 6) is -0.931. The molecule has 0 atom stereocenters. The van der Waals surface area contributed by atoms with Crippen molar-refractivity contribution < 1.29 is 22.5 Å². The maximum absolute atomic E-state index is 11.3. The van der Waals surface area contributed by atoms with Gasteiger partial charge in [-0.15, -0.1) is 0 Å². The van der Waals surface area contributed by atoms with Gasteiger partial charge < -0.3 is 9.26 Å². The van der Waals surface area contributed by atoms with Crippen molar-refractivity contribution >= 4 is 15.8 Å². The van der Waals surface area contributed by atoms with Gasteiger partial charge in [-0.1, -0.05) is 12.1 Å². The Morgan fingerprint density at radius 3 is 2.75 bits per heavy atom. The Kier molecular flexibility index (Phi) is 4.05. The van der Waals surface area contributed by atoms with Gasteiger partial charge in [0.2, 0.25) is 5.76 Å². The Labute approximate surface area is 93.5 Å². The molecule has 6 nitrogen and oxygen atoms in total. The fourth-order valence-corrected chi connectivity index (χ4v) is 1.80. The van der Waals surface area contributed by atoms with Crippen molar-refractivity contribution in [2.24, 2.45) is 0 Å². The highest BCUT2D eigenvalue weighted by molar-refractivity contribution is 7.90. The molecule has 0 fully saturated rings. The summed E-state index contributed by atoms with van der Waals surface area (Å²) in [6, 6.07) is 1.28. The van der Waals surface area contributed by atoms with Gasteiger partial charge >= 0.3 is 5.97 Å². The van der Waals surface area contributed by atoms with Crippen molar-refractivity contribution in [3.63, 3.8) is 0 Å². The number of hydrogen-bond donors (Lipinski definition) is 0. The molecular weight excluding hydrogens is 234 g/mol. The number of esters is 1. The minimum atomic E-state index is -3.17. The zero-order valence-electron chi connectivity index (χ0n) is 9.10. The van der Waals surface area contributed by atoms with E-state index in [1.807, 2.05) is 0 Å². The molecule has 0 aliphatic carbocycles. The molecule has 90 valence electrons. The molecule has 0 aromatic carbocycles. The molecule has 0 radical (unpaired) electrons. The van der Waals surface area contributed by atoms with Crippen molar-refractivity contribution in [1.82, 2.24) is 5.16 Å². The van der Waals surface area contributed by atoms with Crippen molar-refractivity contribution in [3.05, 3.63) is 17.5 Å². The van der Waals surface area contributed by atoms with Crippen LogP contribution in [-0.2, 0) is 20.3 Å². The van der Waals surface area contributed by atoms with Gasteiger partial charge in [0.15, 0.2) is 9.84 Å². The zero-order valence-corrected chi connectivity index (χ0v) is 9.91. The topological polar surface area (TPSA) is 86.5 Å². The summed E-state index contributed by atoms with van der Waals surface area (Å²) >= 11 is 0. The van der Waals surface area contributed by atoms with E-state index in [1.165, 1.54) is 6.07 Å². The van der Waals surface area contributed by atoms with E-state index in [-0.39, 0.29) is 29.6 Å². The lowest BCUT2D eigenvalue weighted by Crippen LogP contribution is -2.06. The Hall–Kier alpha value is -1.37. The third kappa shape index (κ3) is 3.34. The van der Waals surface area contributed by atoms with E-state index in [0.717, 1.165) is 0 Å². The molecule has 0 aliphatic heterocycles. The van der Waals surface area contributed by atoms with Gasteiger partial charge in [-0.05, 0) is 6.92 Å². The molecule has 0 saturated carbocycles. The van der Waals surface area contributed by atoms with Crippen LogP contribution in [0, 0.1) is 0 Å². The van der Waals surface area contributed by atoms with E-state index < -0.39 is 15.8 Å². The van der Waals surface area contributed by atoms with Gasteiger partial charge in [-0.2, -0.15) is 0 Å². The number of carbonyl (C=O) groups excluding carboxylic acids is 1. The smallest absolute Gasteiger partial charge is 0.377 e. The number of carbonyl (C=O) groups is 1. The average Bonchev–Trinajstić information content (AvgIpc) is 2.66. The summed E-state index contributed by atoms with van der Waals surface area (Å²) < 4.78 is 31.9. The third-order valence-electron chi connectivity index (χ3n) is 1.84. The van der Waals surface area contributed by atoms with Crippen LogP contribution in [0.25, 0.3) is 0 Å². The fourth-order valence-electron chi connectivity index (χ4n) is 1.01. The monoisotopic (exact) mass is 247 g/mol. The predicted octanol–water partition coefficient (Wildman–Crippen LogP) is 0.786. The molecule has 1 heterocycles. The maximum Gasteiger partial charge on any atom is 0.377 e. The zero-order chi connectivity index (χ0) is 12.2. The summed E-state index contributed by atoms with van der Waals surface area (Å²) in [5, 5.41) is 3.50. The first-order chi connectivity index (χ1) is 7.48. The van der Waals surface area contributed by atoms with Crippen LogP contribution < -0.4 is 0 Å². The summed E-state index contributed by atoms with van der Waals surface area (Å²) in [5.41, 5.74) is 0.213. The minimum Gasteiger partial charge on any atom is -0.460 e. The molecule has 0 saturated heterocycles. The fraction of sp³-hybridized carbons (Fsp3) is 0.556. The maximum atomic E-state index is 11.3. The van der Waals surface area contributed by atoms with Crippen LogP contribution in [0.3, 0.4) is 0 Å². The molecule has 0 aliphatic rings. The first-order valence-electron chi connectivity index (χ1n) is 4.81. The summed E-state index contributed by atoms with van der Waals surface area (Å²) in [6.45, 7) is 3.43. The van der Waals surface area contributed by atoms with E-state index in [0.29, 0.717) is 0 Å². The molecule has 7 heteroatoms. The Bertz CT molecular complexity index is 462. The Morgan fingerprint density at radius 2 is 2.19 bits per heavy atom. The van der Waals surface area contributed by atoms with Gasteiger partial charge in [-0.3, -0.25) is 0 Å². The Morgan fingerprint density at radius 1 is 1.50 bits per heavy atom. The van der Waals surface area contributed by atoms with Crippen LogP contribution in [-0.4, -0.2) is 31.9 Å². The molecule has 16 heavy (non-hydrogen) atoms. The highest BCUT2D eigenvalue weighted by Gasteiger charge is 2.17. The molecule has 0 bridgehead atoms. The molecule has 1 rings (SSSR count). The molecule has 0 spiro atoms. The van der Waals surface area contributed by atoms with E-state index >= 15 is 0 Å². The molecular formula is C9H13NO5S. The quantitative estimate of drug-likeness (QED) is 0.715. The van der Waals surface area contributed by atoms with Crippen molar-refractivity contribution in [3.8, 4) is 0 Å². The van der Waals surface area contributed by atoms with Gasteiger partial charge in [0.1, 0.15) is 0 Å². The van der Waals surface area contributed by atoms with Gasteiger partial charge in [0, 0.05) is 11.8 Å². The summed E-state index contributed by atoms with van der Waals surface area (Å²) in [7, 11) is -3.17. The predicted molar refractivity (Wildman–Crippen MR) is 55.6 cm³/mol. The van der Waals surface area contributed by atoms with E-state index in [9.17, 15) is 13.2 Å². The van der Waals surface area contributed by atoms with E-state index in [4.69, 9.17) is 0 Å². The second-order valence-corrected chi connectivity index (χ2v) is 5.43. The van der Waals surface area contributed by atoms with Gasteiger partial charge in [0.25, 0.3) is 0 Å². The van der Waals surface area contributed by atoms with Crippen molar-refractivity contribution in [2.45, 2.75) is 19.6 Å². The number of hydrogen-bond acceptors (Lipinski definition) is 6. The number of sulfone groups is 1. The van der Waals surface area contributed by atoms with Crippen molar-refractivity contribution in [2.75, 3.05) is 12.4 Å². The van der Waals surface area contributed by atoms with Crippen LogP contribution in [0.4, 0.5) is 0 Å². The van der Waals surface area contributed by atoms with Crippen LogP contribution >= 0.6 is 0 Å². The molecule has 1 aromatic heterocycles. The second-order valence-electron chi connectivity index (χ2n) is 3.08. The standard InChI is InChI=1S/C9H13NO5S/c1-3-14-9(11)8-5-7(10-15-8)6-16(12,13)4-2/h5H,3-4,6H2,1-2H3. The second kappa shape index (κ2) is 5.11. The normalized spacial score (nSPS) is 11.4. The number of aromatic nitrogens is 1. The Balaban J connectivity index is 2.76. The number of nitrogens with zero attached hydrogens (tertiary/aromatic N) is 1. The molecule has 0 N–H and O–H groups in total. The van der Waals surface area contributed by atoms with Crippen LogP contribution in [0.1, 0.15) is 30.1 Å². The van der Waals surface area contributed by atoms with Gasteiger partial charge in [0.05, 0.1) is 18.1 Å². The molecule has 0 unspecified atom stereocenters. The summed E-state index contributed by atoms with van der Waals surface area (Å²) in [4.78, 5) is 11.2. The van der Waals surface area contributed by atoms with Crippen LogP contribution in [0.2, 0.25) is 0 Å². The first-order valence-corrected chi connectivity index (χ1v) is 6.63. The summed E-state index contributed by atoms with van der Waals surface area (Å²) in [6.07, 6.45) is 0. The minimum absolute atomic E-state index is 0.0224. The largest absolute Gasteiger partial charge is 0.460 e.